The zero-order chi connectivity index (χ0) is 20.2. The average molecular weight is 408 g/mol. The van der Waals surface area contributed by atoms with Crippen LogP contribution in [-0.4, -0.2) is 29.3 Å². The van der Waals surface area contributed by atoms with Crippen molar-refractivity contribution in [3.05, 3.63) is 87.9 Å². The first kappa shape index (κ1) is 19.3. The second kappa shape index (κ2) is 8.57. The Morgan fingerprint density at radius 1 is 1.10 bits per heavy atom. The maximum Gasteiger partial charge on any atom is 0.265 e. The highest BCUT2D eigenvalue weighted by molar-refractivity contribution is 7.12. The Morgan fingerprint density at radius 2 is 1.97 bits per heavy atom. The Hall–Kier alpha value is -2.99. The third kappa shape index (κ3) is 4.54. The smallest absolute Gasteiger partial charge is 0.265 e. The third-order valence-corrected chi connectivity index (χ3v) is 5.98. The summed E-state index contributed by atoms with van der Waals surface area (Å²) in [7, 11) is 0. The van der Waals surface area contributed by atoms with Gasteiger partial charge in [-0.2, -0.15) is 0 Å². The maximum absolute atomic E-state index is 13.5. The number of thiophene rings is 1. The number of hydrogen-bond donors (Lipinski definition) is 1. The molecule has 0 aliphatic carbocycles. The monoisotopic (exact) mass is 408 g/mol. The average Bonchev–Trinajstić information content (AvgIpc) is 3.40. The molecule has 1 unspecified atom stereocenters. The number of benzene rings is 2. The Labute approximate surface area is 173 Å². The van der Waals surface area contributed by atoms with Crippen LogP contribution in [0.4, 0.5) is 10.1 Å². The van der Waals surface area contributed by atoms with Gasteiger partial charge in [-0.05, 0) is 66.6 Å². The van der Waals surface area contributed by atoms with Gasteiger partial charge in [0.15, 0.2) is 0 Å². The van der Waals surface area contributed by atoms with Gasteiger partial charge in [0, 0.05) is 23.8 Å². The van der Waals surface area contributed by atoms with Crippen molar-refractivity contribution < 1.29 is 14.0 Å². The fourth-order valence-corrected chi connectivity index (χ4v) is 4.37. The summed E-state index contributed by atoms with van der Waals surface area (Å²) in [6.45, 7) is 0.685. The summed E-state index contributed by atoms with van der Waals surface area (Å²) >= 11 is 1.37. The predicted octanol–water partition coefficient (Wildman–Crippen LogP) is 4.99. The van der Waals surface area contributed by atoms with E-state index in [0.717, 1.165) is 18.4 Å². The van der Waals surface area contributed by atoms with Gasteiger partial charge in [-0.25, -0.2) is 4.39 Å². The Morgan fingerprint density at radius 3 is 2.76 bits per heavy atom. The second-order valence-electron chi connectivity index (χ2n) is 7.14. The molecule has 0 radical (unpaired) electrons. The fraction of sp³-hybridized carbons (Fsp3) is 0.217. The standard InChI is InChI=1S/C23H21FN2O2S/c24-18-7-1-5-16(13-18)14-20-9-3-11-26(20)23(28)17-6-2-8-19(15-17)25-22(27)21-10-4-12-29-21/h1-2,4-8,10,12-13,15,20H,3,9,11,14H2,(H,25,27). The van der Waals surface area contributed by atoms with Crippen molar-refractivity contribution in [2.75, 3.05) is 11.9 Å². The van der Waals surface area contributed by atoms with Crippen LogP contribution in [-0.2, 0) is 6.42 Å². The van der Waals surface area contributed by atoms with E-state index in [-0.39, 0.29) is 23.7 Å². The molecule has 1 saturated heterocycles. The van der Waals surface area contributed by atoms with Crippen molar-refractivity contribution >= 4 is 28.8 Å². The molecule has 4 rings (SSSR count). The maximum atomic E-state index is 13.5. The highest BCUT2D eigenvalue weighted by atomic mass is 32.1. The molecule has 148 valence electrons. The Kier molecular flexibility index (Phi) is 5.71. The van der Waals surface area contributed by atoms with Crippen LogP contribution in [0.2, 0.25) is 0 Å². The molecule has 1 aromatic heterocycles. The SMILES string of the molecule is O=C(Nc1cccc(C(=O)N2CCCC2Cc2cccc(F)c2)c1)c1cccs1. The van der Waals surface area contributed by atoms with Crippen LogP contribution in [0.25, 0.3) is 0 Å². The van der Waals surface area contributed by atoms with Gasteiger partial charge in [-0.15, -0.1) is 11.3 Å². The topological polar surface area (TPSA) is 49.4 Å². The van der Waals surface area contributed by atoms with Crippen molar-refractivity contribution in [2.45, 2.75) is 25.3 Å². The first-order valence-corrected chi connectivity index (χ1v) is 10.5. The van der Waals surface area contributed by atoms with E-state index >= 15 is 0 Å². The van der Waals surface area contributed by atoms with Gasteiger partial charge in [0.25, 0.3) is 11.8 Å². The van der Waals surface area contributed by atoms with Crippen LogP contribution < -0.4 is 5.32 Å². The van der Waals surface area contributed by atoms with Crippen LogP contribution in [0.1, 0.15) is 38.4 Å². The van der Waals surface area contributed by atoms with E-state index in [1.54, 1.807) is 36.4 Å². The Balaban J connectivity index is 1.47. The molecule has 4 nitrogen and oxygen atoms in total. The first-order chi connectivity index (χ1) is 14.1. The molecule has 6 heteroatoms. The summed E-state index contributed by atoms with van der Waals surface area (Å²) in [6.07, 6.45) is 2.47. The molecule has 0 saturated carbocycles. The van der Waals surface area contributed by atoms with Crippen LogP contribution >= 0.6 is 11.3 Å². The normalized spacial score (nSPS) is 16.0. The number of carbonyl (C=O) groups excluding carboxylic acids is 2. The van der Waals surface area contributed by atoms with E-state index in [4.69, 9.17) is 0 Å². The molecule has 1 N–H and O–H groups in total. The number of nitrogens with zero attached hydrogens (tertiary/aromatic N) is 1. The van der Waals surface area contributed by atoms with E-state index < -0.39 is 0 Å². The van der Waals surface area contributed by atoms with Crippen LogP contribution in [0.3, 0.4) is 0 Å². The fourth-order valence-electron chi connectivity index (χ4n) is 3.75. The Bertz CT molecular complexity index is 1020. The van der Waals surface area contributed by atoms with Crippen LogP contribution in [0, 0.1) is 5.82 Å². The molecule has 1 fully saturated rings. The molecular weight excluding hydrogens is 387 g/mol. The van der Waals surface area contributed by atoms with Crippen molar-refractivity contribution in [1.29, 1.82) is 0 Å². The van der Waals surface area contributed by atoms with E-state index in [2.05, 4.69) is 5.32 Å². The van der Waals surface area contributed by atoms with Gasteiger partial charge in [0.05, 0.1) is 4.88 Å². The summed E-state index contributed by atoms with van der Waals surface area (Å²) < 4.78 is 13.5. The van der Waals surface area contributed by atoms with Crippen LogP contribution in [0.15, 0.2) is 66.0 Å². The quantitative estimate of drug-likeness (QED) is 0.647. The number of nitrogens with one attached hydrogen (secondary N) is 1. The zero-order valence-corrected chi connectivity index (χ0v) is 16.6. The van der Waals surface area contributed by atoms with E-state index in [1.807, 2.05) is 22.4 Å². The van der Waals surface area contributed by atoms with Gasteiger partial charge >= 0.3 is 0 Å². The molecule has 1 aliphatic rings. The lowest BCUT2D eigenvalue weighted by Crippen LogP contribution is -2.36. The largest absolute Gasteiger partial charge is 0.335 e. The minimum Gasteiger partial charge on any atom is -0.335 e. The molecule has 1 atom stereocenters. The van der Waals surface area contributed by atoms with Gasteiger partial charge in [-0.1, -0.05) is 24.3 Å². The van der Waals surface area contributed by atoms with Gasteiger partial charge in [0.2, 0.25) is 0 Å². The molecule has 0 bridgehead atoms. The molecule has 2 amide bonds. The van der Waals surface area contributed by atoms with Gasteiger partial charge < -0.3 is 10.2 Å². The van der Waals surface area contributed by atoms with E-state index in [1.165, 1.54) is 23.5 Å². The summed E-state index contributed by atoms with van der Waals surface area (Å²) in [5.41, 5.74) is 2.03. The second-order valence-corrected chi connectivity index (χ2v) is 8.09. The van der Waals surface area contributed by atoms with Crippen molar-refractivity contribution in [2.24, 2.45) is 0 Å². The minimum atomic E-state index is -0.257. The van der Waals surface area contributed by atoms with Gasteiger partial charge in [0.1, 0.15) is 5.82 Å². The summed E-state index contributed by atoms with van der Waals surface area (Å²) in [4.78, 5) is 27.9. The van der Waals surface area contributed by atoms with E-state index in [0.29, 0.717) is 29.1 Å². The molecular formula is C23H21FN2O2S. The summed E-state index contributed by atoms with van der Waals surface area (Å²) in [6, 6.07) is 17.2. The molecule has 29 heavy (non-hydrogen) atoms. The molecule has 3 aromatic rings. The highest BCUT2D eigenvalue weighted by Gasteiger charge is 2.29. The number of hydrogen-bond acceptors (Lipinski definition) is 3. The van der Waals surface area contributed by atoms with Gasteiger partial charge in [-0.3, -0.25) is 9.59 Å². The van der Waals surface area contributed by atoms with Crippen molar-refractivity contribution in [3.8, 4) is 0 Å². The lowest BCUT2D eigenvalue weighted by Gasteiger charge is -2.25. The number of likely N-dealkylation sites (tertiary alicyclic amines) is 1. The highest BCUT2D eigenvalue weighted by Crippen LogP contribution is 2.25. The lowest BCUT2D eigenvalue weighted by atomic mass is 10.0. The molecule has 2 aromatic carbocycles. The number of halogens is 1. The zero-order valence-electron chi connectivity index (χ0n) is 15.8. The van der Waals surface area contributed by atoms with Crippen molar-refractivity contribution in [3.63, 3.8) is 0 Å². The van der Waals surface area contributed by atoms with Crippen LogP contribution in [0.5, 0.6) is 0 Å². The third-order valence-electron chi connectivity index (χ3n) is 5.11. The molecule has 2 heterocycles. The molecule has 1 aliphatic heterocycles. The first-order valence-electron chi connectivity index (χ1n) is 9.60. The summed E-state index contributed by atoms with van der Waals surface area (Å²) in [5, 5.41) is 4.69. The van der Waals surface area contributed by atoms with Crippen molar-refractivity contribution in [1.82, 2.24) is 4.90 Å². The lowest BCUT2D eigenvalue weighted by molar-refractivity contribution is 0.0736. The van der Waals surface area contributed by atoms with E-state index in [9.17, 15) is 14.0 Å². The number of rotatable bonds is 5. The number of carbonyl (C=O) groups is 2. The predicted molar refractivity (Wildman–Crippen MR) is 113 cm³/mol. The minimum absolute atomic E-state index is 0.0497. The molecule has 0 spiro atoms. The number of amides is 2. The summed E-state index contributed by atoms with van der Waals surface area (Å²) in [5.74, 6) is -0.501. The number of anilines is 1.